The van der Waals surface area contributed by atoms with Crippen molar-refractivity contribution in [1.82, 2.24) is 0 Å². The second-order valence-corrected chi connectivity index (χ2v) is 6.46. The maximum Gasteiger partial charge on any atom is -0.00773 e. The van der Waals surface area contributed by atoms with Crippen LogP contribution in [0.5, 0.6) is 0 Å². The lowest BCUT2D eigenvalue weighted by Gasteiger charge is -2.37. The van der Waals surface area contributed by atoms with Crippen LogP contribution in [-0.4, -0.2) is 6.54 Å². The molecule has 1 unspecified atom stereocenters. The van der Waals surface area contributed by atoms with E-state index in [-0.39, 0.29) is 0 Å². The Labute approximate surface area is 103 Å². The van der Waals surface area contributed by atoms with Crippen molar-refractivity contribution in [1.29, 1.82) is 0 Å². The van der Waals surface area contributed by atoms with Crippen molar-refractivity contribution >= 4 is 0 Å². The van der Waals surface area contributed by atoms with Gasteiger partial charge < -0.3 is 5.73 Å². The normalized spacial score (nSPS) is 16.1. The molecule has 0 aliphatic heterocycles. The summed E-state index contributed by atoms with van der Waals surface area (Å²) in [6.45, 7) is 12.8. The van der Waals surface area contributed by atoms with Gasteiger partial charge in [0.1, 0.15) is 0 Å². The standard InChI is InChI=1S/C15H33N/c1-6-14(3,4)13-15(5,7-2)11-9-8-10-12-16/h6-13,16H2,1-5H3. The number of unbranched alkanes of at least 4 members (excludes halogenated alkanes) is 2. The minimum Gasteiger partial charge on any atom is -0.330 e. The first-order valence-electron chi connectivity index (χ1n) is 7.09. The molecule has 0 bridgehead atoms. The van der Waals surface area contributed by atoms with Crippen LogP contribution >= 0.6 is 0 Å². The predicted octanol–water partition coefficient (Wildman–Crippen LogP) is 4.75. The summed E-state index contributed by atoms with van der Waals surface area (Å²) >= 11 is 0. The third-order valence-corrected chi connectivity index (χ3v) is 4.20. The molecule has 1 heteroatoms. The lowest BCUT2D eigenvalue weighted by atomic mass is 9.69. The Morgan fingerprint density at radius 2 is 1.50 bits per heavy atom. The van der Waals surface area contributed by atoms with Crippen molar-refractivity contribution < 1.29 is 0 Å². The third-order valence-electron chi connectivity index (χ3n) is 4.20. The highest BCUT2D eigenvalue weighted by molar-refractivity contribution is 4.80. The number of hydrogen-bond donors (Lipinski definition) is 1. The van der Waals surface area contributed by atoms with Crippen LogP contribution in [0.4, 0.5) is 0 Å². The molecule has 2 N–H and O–H groups in total. The maximum atomic E-state index is 5.53. The highest BCUT2D eigenvalue weighted by Crippen LogP contribution is 2.41. The number of rotatable bonds is 9. The summed E-state index contributed by atoms with van der Waals surface area (Å²) in [5.41, 5.74) is 6.57. The van der Waals surface area contributed by atoms with Gasteiger partial charge in [0, 0.05) is 0 Å². The largest absolute Gasteiger partial charge is 0.330 e. The van der Waals surface area contributed by atoms with Crippen LogP contribution in [0.3, 0.4) is 0 Å². The molecule has 1 nitrogen and oxygen atoms in total. The van der Waals surface area contributed by atoms with Gasteiger partial charge in [-0.05, 0) is 36.6 Å². The molecule has 0 amide bonds. The molecule has 16 heavy (non-hydrogen) atoms. The molecular weight excluding hydrogens is 194 g/mol. The lowest BCUT2D eigenvalue weighted by molar-refractivity contribution is 0.149. The topological polar surface area (TPSA) is 26.0 Å². The summed E-state index contributed by atoms with van der Waals surface area (Å²) in [5, 5.41) is 0. The lowest BCUT2D eigenvalue weighted by Crippen LogP contribution is -2.25. The van der Waals surface area contributed by atoms with Gasteiger partial charge in [0.15, 0.2) is 0 Å². The predicted molar refractivity (Wildman–Crippen MR) is 74.6 cm³/mol. The summed E-state index contributed by atoms with van der Waals surface area (Å²) in [7, 11) is 0. The summed E-state index contributed by atoms with van der Waals surface area (Å²) in [4.78, 5) is 0. The smallest absolute Gasteiger partial charge is 0.00773 e. The quantitative estimate of drug-likeness (QED) is 0.565. The fourth-order valence-corrected chi connectivity index (χ4v) is 2.54. The fourth-order valence-electron chi connectivity index (χ4n) is 2.54. The molecule has 0 aromatic heterocycles. The molecule has 0 aliphatic carbocycles. The van der Waals surface area contributed by atoms with Gasteiger partial charge in [0.25, 0.3) is 0 Å². The molecule has 0 saturated heterocycles. The molecule has 0 rings (SSSR count). The van der Waals surface area contributed by atoms with Crippen molar-refractivity contribution in [2.45, 2.75) is 79.6 Å². The van der Waals surface area contributed by atoms with Crippen molar-refractivity contribution in [2.75, 3.05) is 6.54 Å². The van der Waals surface area contributed by atoms with E-state index in [4.69, 9.17) is 5.73 Å². The molecule has 1 atom stereocenters. The molecule has 0 aromatic rings. The van der Waals surface area contributed by atoms with E-state index in [0.717, 1.165) is 6.54 Å². The monoisotopic (exact) mass is 227 g/mol. The van der Waals surface area contributed by atoms with Gasteiger partial charge in [-0.25, -0.2) is 0 Å². The van der Waals surface area contributed by atoms with E-state index in [1.165, 1.54) is 44.9 Å². The SMILES string of the molecule is CCC(C)(C)CC(C)(CC)CCCCCN. The molecular formula is C15H33N. The summed E-state index contributed by atoms with van der Waals surface area (Å²) < 4.78 is 0. The van der Waals surface area contributed by atoms with Crippen molar-refractivity contribution in [3.63, 3.8) is 0 Å². The van der Waals surface area contributed by atoms with Gasteiger partial charge in [-0.1, -0.05) is 60.3 Å². The molecule has 0 radical (unpaired) electrons. The zero-order valence-electron chi connectivity index (χ0n) is 12.2. The van der Waals surface area contributed by atoms with Crippen LogP contribution in [0.1, 0.15) is 79.6 Å². The van der Waals surface area contributed by atoms with Gasteiger partial charge >= 0.3 is 0 Å². The number of hydrogen-bond acceptors (Lipinski definition) is 1. The molecule has 0 aliphatic rings. The average molecular weight is 227 g/mol. The first kappa shape index (κ1) is 16.0. The Hall–Kier alpha value is -0.0400. The number of nitrogens with two attached hydrogens (primary N) is 1. The van der Waals surface area contributed by atoms with Crippen molar-refractivity contribution in [2.24, 2.45) is 16.6 Å². The zero-order chi connectivity index (χ0) is 12.7. The van der Waals surface area contributed by atoms with Crippen LogP contribution in [0.15, 0.2) is 0 Å². The van der Waals surface area contributed by atoms with Crippen LogP contribution in [-0.2, 0) is 0 Å². The van der Waals surface area contributed by atoms with E-state index in [0.29, 0.717) is 10.8 Å². The summed E-state index contributed by atoms with van der Waals surface area (Å²) in [6, 6.07) is 0. The maximum absolute atomic E-state index is 5.53. The van der Waals surface area contributed by atoms with Gasteiger partial charge in [-0.15, -0.1) is 0 Å². The van der Waals surface area contributed by atoms with Crippen LogP contribution in [0, 0.1) is 10.8 Å². The second-order valence-electron chi connectivity index (χ2n) is 6.46. The van der Waals surface area contributed by atoms with Gasteiger partial charge in [-0.2, -0.15) is 0 Å². The Morgan fingerprint density at radius 3 is 1.94 bits per heavy atom. The zero-order valence-corrected chi connectivity index (χ0v) is 12.2. The van der Waals surface area contributed by atoms with Gasteiger partial charge in [-0.3, -0.25) is 0 Å². The molecule has 0 spiro atoms. The van der Waals surface area contributed by atoms with E-state index >= 15 is 0 Å². The van der Waals surface area contributed by atoms with E-state index in [9.17, 15) is 0 Å². The first-order chi connectivity index (χ1) is 7.39. The van der Waals surface area contributed by atoms with E-state index in [1.54, 1.807) is 0 Å². The Morgan fingerprint density at radius 1 is 0.875 bits per heavy atom. The van der Waals surface area contributed by atoms with Crippen LogP contribution in [0.2, 0.25) is 0 Å². The van der Waals surface area contributed by atoms with Gasteiger partial charge in [0.05, 0.1) is 0 Å². The molecule has 0 fully saturated rings. The van der Waals surface area contributed by atoms with E-state index in [2.05, 4.69) is 34.6 Å². The second kappa shape index (κ2) is 7.32. The Bertz CT molecular complexity index is 174. The molecule has 0 saturated carbocycles. The summed E-state index contributed by atoms with van der Waals surface area (Å²) in [6.07, 6.45) is 9.16. The van der Waals surface area contributed by atoms with E-state index < -0.39 is 0 Å². The average Bonchev–Trinajstić information content (AvgIpc) is 2.24. The summed E-state index contributed by atoms with van der Waals surface area (Å²) in [5.74, 6) is 0. The first-order valence-corrected chi connectivity index (χ1v) is 7.09. The van der Waals surface area contributed by atoms with Crippen molar-refractivity contribution in [3.05, 3.63) is 0 Å². The minimum absolute atomic E-state index is 0.499. The Kier molecular flexibility index (Phi) is 7.30. The molecule has 98 valence electrons. The van der Waals surface area contributed by atoms with Crippen molar-refractivity contribution in [3.8, 4) is 0 Å². The van der Waals surface area contributed by atoms with Crippen LogP contribution < -0.4 is 5.73 Å². The highest BCUT2D eigenvalue weighted by Gasteiger charge is 2.29. The highest BCUT2D eigenvalue weighted by atomic mass is 14.5. The minimum atomic E-state index is 0.499. The molecule has 0 aromatic carbocycles. The fraction of sp³-hybridized carbons (Fsp3) is 1.00. The molecule has 0 heterocycles. The van der Waals surface area contributed by atoms with E-state index in [1.807, 2.05) is 0 Å². The van der Waals surface area contributed by atoms with Crippen LogP contribution in [0.25, 0.3) is 0 Å². The Balaban J connectivity index is 4.10. The third kappa shape index (κ3) is 6.52. The van der Waals surface area contributed by atoms with Gasteiger partial charge in [0.2, 0.25) is 0 Å².